The number of nitrogen functional groups attached to an aromatic ring is 1. The van der Waals surface area contributed by atoms with Gasteiger partial charge in [0.2, 0.25) is 0 Å². The van der Waals surface area contributed by atoms with Crippen LogP contribution in [-0.4, -0.2) is 27.8 Å². The van der Waals surface area contributed by atoms with Gasteiger partial charge in [-0.15, -0.1) is 0 Å². The number of hydrogen-bond acceptors (Lipinski definition) is 6. The van der Waals surface area contributed by atoms with Gasteiger partial charge >= 0.3 is 0 Å². The van der Waals surface area contributed by atoms with Crippen molar-refractivity contribution < 1.29 is 12.6 Å². The van der Waals surface area contributed by atoms with E-state index < -0.39 is 10.1 Å². The Kier molecular flexibility index (Phi) is 4.85. The molecule has 0 saturated heterocycles. The molecule has 1 fully saturated rings. The minimum absolute atomic E-state index is 0.198. The summed E-state index contributed by atoms with van der Waals surface area (Å²) in [5.41, 5.74) is 9.79. The van der Waals surface area contributed by atoms with E-state index in [4.69, 9.17) is 9.92 Å². The maximum atomic E-state index is 12.3. The number of aryl methyl sites for hydroxylation is 1. The molecule has 0 radical (unpaired) electrons. The molecule has 0 spiro atoms. The lowest BCUT2D eigenvalue weighted by molar-refractivity contribution is 0.163. The molecule has 0 unspecified atom stereocenters. The van der Waals surface area contributed by atoms with Crippen LogP contribution in [0.4, 0.5) is 5.82 Å². The highest BCUT2D eigenvalue weighted by molar-refractivity contribution is 14.1. The fourth-order valence-corrected chi connectivity index (χ4v) is 5.20. The van der Waals surface area contributed by atoms with Crippen LogP contribution in [0.2, 0.25) is 0 Å². The number of aromatic nitrogens is 3. The highest BCUT2D eigenvalue weighted by atomic mass is 127. The van der Waals surface area contributed by atoms with Crippen molar-refractivity contribution in [1.29, 1.82) is 0 Å². The lowest BCUT2D eigenvalue weighted by Crippen LogP contribution is -2.27. The zero-order chi connectivity index (χ0) is 19.2. The van der Waals surface area contributed by atoms with E-state index >= 15 is 0 Å². The topological polar surface area (TPSA) is 100 Å². The van der Waals surface area contributed by atoms with Gasteiger partial charge in [0.05, 0.1) is 39.9 Å². The molecule has 2 heterocycles. The van der Waals surface area contributed by atoms with Gasteiger partial charge in [0.15, 0.2) is 5.82 Å². The average molecular weight is 498 g/mol. The van der Waals surface area contributed by atoms with Crippen LogP contribution in [0.1, 0.15) is 29.9 Å². The Labute approximate surface area is 171 Å². The molecule has 1 aliphatic carbocycles. The molecule has 0 amide bonds. The molecule has 9 heteroatoms. The van der Waals surface area contributed by atoms with Gasteiger partial charge in [0.1, 0.15) is 11.8 Å². The third-order valence-corrected chi connectivity index (χ3v) is 7.09. The van der Waals surface area contributed by atoms with E-state index in [1.54, 1.807) is 24.3 Å². The average Bonchev–Trinajstić information content (AvgIpc) is 2.92. The van der Waals surface area contributed by atoms with Crippen molar-refractivity contribution >= 4 is 49.8 Å². The monoisotopic (exact) mass is 498 g/mol. The molecule has 4 rings (SSSR count). The normalized spacial score (nSPS) is 19.9. The second-order valence-electron chi connectivity index (χ2n) is 6.94. The molecule has 2 aromatic heterocycles. The maximum absolute atomic E-state index is 12.3. The molecule has 0 bridgehead atoms. The van der Waals surface area contributed by atoms with E-state index in [1.165, 1.54) is 6.33 Å². The van der Waals surface area contributed by atoms with Crippen molar-refractivity contribution in [3.63, 3.8) is 0 Å². The summed E-state index contributed by atoms with van der Waals surface area (Å²) in [4.78, 5) is 8.62. The number of nitrogens with two attached hydrogens (primary N) is 1. The van der Waals surface area contributed by atoms with Crippen molar-refractivity contribution in [1.82, 2.24) is 12.7 Å². The first-order valence-corrected chi connectivity index (χ1v) is 11.0. The van der Waals surface area contributed by atoms with E-state index in [9.17, 15) is 8.42 Å². The van der Waals surface area contributed by atoms with Crippen LogP contribution in [0.3, 0.4) is 0 Å². The lowest BCUT2D eigenvalue weighted by Gasteiger charge is -2.34. The summed E-state index contributed by atoms with van der Waals surface area (Å²) in [6.45, 7) is 2.11. The molecule has 2 N–H and O–H groups in total. The summed E-state index contributed by atoms with van der Waals surface area (Å²) in [5.74, 6) is 1.000. The molecule has 3 aromatic rings. The van der Waals surface area contributed by atoms with Gasteiger partial charge in [0.25, 0.3) is 10.1 Å². The predicted molar refractivity (Wildman–Crippen MR) is 111 cm³/mol. The minimum Gasteiger partial charge on any atom is -0.382 e. The first-order valence-electron chi connectivity index (χ1n) is 8.59. The smallest absolute Gasteiger partial charge is 0.296 e. The van der Waals surface area contributed by atoms with E-state index in [0.717, 1.165) is 35.0 Å². The molecular weight excluding hydrogens is 479 g/mol. The number of hydrogen-bond donors (Lipinski definition) is 1. The third-order valence-electron chi connectivity index (χ3n) is 5.03. The van der Waals surface area contributed by atoms with Gasteiger partial charge in [-0.25, -0.2) is 9.97 Å². The Bertz CT molecular complexity index is 1090. The summed E-state index contributed by atoms with van der Waals surface area (Å²) in [5, 5.41) is 0. The highest BCUT2D eigenvalue weighted by Gasteiger charge is 2.34. The van der Waals surface area contributed by atoms with E-state index in [0.29, 0.717) is 11.7 Å². The minimum atomic E-state index is -3.71. The number of fused-ring (bicyclic) bond motifs is 1. The summed E-state index contributed by atoms with van der Waals surface area (Å²) >= 11 is 2.17. The second kappa shape index (κ2) is 7.02. The molecule has 1 aliphatic rings. The first-order chi connectivity index (χ1) is 12.8. The number of anilines is 1. The molecule has 0 atom stereocenters. The van der Waals surface area contributed by atoms with Crippen LogP contribution in [-0.2, 0) is 14.3 Å². The van der Waals surface area contributed by atoms with Crippen molar-refractivity contribution in [2.24, 2.45) is 5.92 Å². The van der Waals surface area contributed by atoms with Crippen LogP contribution in [0.5, 0.6) is 0 Å². The quantitative estimate of drug-likeness (QED) is 0.428. The van der Waals surface area contributed by atoms with Crippen LogP contribution < -0.4 is 5.73 Å². The van der Waals surface area contributed by atoms with Crippen LogP contribution in [0.25, 0.3) is 11.0 Å². The molecule has 27 heavy (non-hydrogen) atoms. The third kappa shape index (κ3) is 3.55. The Balaban J connectivity index is 1.41. The van der Waals surface area contributed by atoms with Gasteiger partial charge in [-0.1, -0.05) is 17.7 Å². The molecule has 7 nitrogen and oxygen atoms in total. The van der Waals surface area contributed by atoms with Crippen LogP contribution in [0, 0.1) is 12.8 Å². The largest absolute Gasteiger partial charge is 0.382 e. The van der Waals surface area contributed by atoms with Crippen LogP contribution in [0.15, 0.2) is 41.7 Å². The lowest BCUT2D eigenvalue weighted by atomic mass is 9.72. The van der Waals surface area contributed by atoms with Gasteiger partial charge in [-0.2, -0.15) is 8.42 Å². The zero-order valence-electron chi connectivity index (χ0n) is 14.7. The fraction of sp³-hybridized carbons (Fsp3) is 0.333. The van der Waals surface area contributed by atoms with E-state index in [2.05, 4.69) is 32.8 Å². The Morgan fingerprint density at radius 3 is 2.67 bits per heavy atom. The Morgan fingerprint density at radius 2 is 1.96 bits per heavy atom. The number of benzene rings is 1. The molecule has 1 aromatic carbocycles. The molecule has 142 valence electrons. The van der Waals surface area contributed by atoms with Crippen molar-refractivity contribution in [3.05, 3.63) is 47.9 Å². The Hall–Kier alpha value is -1.72. The summed E-state index contributed by atoms with van der Waals surface area (Å²) < 4.78 is 31.8. The van der Waals surface area contributed by atoms with Gasteiger partial charge in [-0.05, 0) is 43.7 Å². The van der Waals surface area contributed by atoms with Crippen molar-refractivity contribution in [3.8, 4) is 0 Å². The van der Waals surface area contributed by atoms with Gasteiger partial charge < -0.3 is 5.73 Å². The van der Waals surface area contributed by atoms with E-state index in [-0.39, 0.29) is 17.4 Å². The summed E-state index contributed by atoms with van der Waals surface area (Å²) in [7, 11) is -3.71. The highest BCUT2D eigenvalue weighted by Crippen LogP contribution is 2.45. The SMILES string of the molecule is Cc1ccc(S(=O)(=O)OCC2CC(c3cn(I)c4c(N)ncnc34)C2)cc1. The standard InChI is InChI=1S/C18H19IN4O3S/c1-11-2-4-14(5-3-11)27(24,25)26-9-12-6-13(7-12)15-8-23(19)17-16(15)21-10-22-18(17)20/h2-5,8,10,12-13H,6-7,9H2,1H3,(H2,20,21,22). The fourth-order valence-electron chi connectivity index (χ4n) is 3.45. The van der Waals surface area contributed by atoms with E-state index in [1.807, 2.05) is 15.9 Å². The first kappa shape index (κ1) is 18.6. The van der Waals surface area contributed by atoms with Crippen molar-refractivity contribution in [2.45, 2.75) is 30.6 Å². The number of halogens is 1. The van der Waals surface area contributed by atoms with Crippen molar-refractivity contribution in [2.75, 3.05) is 12.3 Å². The van der Waals surface area contributed by atoms with Gasteiger partial charge in [-0.3, -0.25) is 6.96 Å². The maximum Gasteiger partial charge on any atom is 0.296 e. The Morgan fingerprint density at radius 1 is 1.26 bits per heavy atom. The second-order valence-corrected chi connectivity index (χ2v) is 9.59. The summed E-state index contributed by atoms with van der Waals surface area (Å²) in [6.07, 6.45) is 5.23. The molecular formula is C18H19IN4O3S. The van der Waals surface area contributed by atoms with Crippen LogP contribution >= 0.6 is 22.9 Å². The molecule has 0 aliphatic heterocycles. The predicted octanol–water partition coefficient (Wildman–Crippen LogP) is 3.42. The zero-order valence-corrected chi connectivity index (χ0v) is 17.6. The van der Waals surface area contributed by atoms with Gasteiger partial charge in [0, 0.05) is 11.8 Å². The number of nitrogens with zero attached hydrogens (tertiary/aromatic N) is 3. The molecule has 1 saturated carbocycles. The summed E-state index contributed by atoms with van der Waals surface area (Å²) in [6, 6.07) is 6.69. The number of rotatable bonds is 5.